The van der Waals surface area contributed by atoms with Crippen molar-refractivity contribution >= 4 is 39.5 Å². The van der Waals surface area contributed by atoms with Crippen molar-refractivity contribution in [2.45, 2.75) is 18.9 Å². The Morgan fingerprint density at radius 1 is 1.08 bits per heavy atom. The minimum absolute atomic E-state index is 0.0910. The lowest BCUT2D eigenvalue weighted by Gasteiger charge is -2.31. The van der Waals surface area contributed by atoms with Gasteiger partial charge in [-0.15, -0.1) is 0 Å². The molecule has 1 atom stereocenters. The summed E-state index contributed by atoms with van der Waals surface area (Å²) >= 11 is 0. The van der Waals surface area contributed by atoms with Gasteiger partial charge in [0.25, 0.3) is 0 Å². The second-order valence-corrected chi connectivity index (χ2v) is 10.3. The molecule has 0 bridgehead atoms. The molecule has 0 saturated carbocycles. The Morgan fingerprint density at radius 2 is 1.95 bits per heavy atom. The van der Waals surface area contributed by atoms with Crippen molar-refractivity contribution in [1.82, 2.24) is 4.90 Å². The zero-order chi connectivity index (χ0) is 25.5. The molecule has 0 radical (unpaired) electrons. The fraction of sp³-hybridized carbons (Fsp3) is 0.290. The van der Waals surface area contributed by atoms with Gasteiger partial charge in [0, 0.05) is 49.4 Å². The Balaban J connectivity index is 1.42. The first-order valence-electron chi connectivity index (χ1n) is 13.0. The number of nitrogens with one attached hydrogen (secondary N) is 1. The maximum Gasteiger partial charge on any atom is 0.246 e. The number of likely N-dealkylation sites (N-methyl/N-ethyl adjacent to an activating group) is 1. The van der Waals surface area contributed by atoms with Gasteiger partial charge in [0.1, 0.15) is 6.54 Å². The Labute approximate surface area is 218 Å². The van der Waals surface area contributed by atoms with Crippen LogP contribution in [0.1, 0.15) is 24.0 Å². The molecule has 0 spiro atoms. The first-order valence-corrected chi connectivity index (χ1v) is 13.0. The van der Waals surface area contributed by atoms with E-state index < -0.39 is 0 Å². The highest BCUT2D eigenvalue weighted by atomic mass is 16.1. The summed E-state index contributed by atoms with van der Waals surface area (Å²) in [7, 11) is 6.39. The molecule has 3 aromatic rings. The summed E-state index contributed by atoms with van der Waals surface area (Å²) in [5.41, 5.74) is 7.30. The van der Waals surface area contributed by atoms with E-state index in [4.69, 9.17) is 4.99 Å². The van der Waals surface area contributed by atoms with E-state index in [2.05, 4.69) is 102 Å². The normalized spacial score (nSPS) is 19.8. The molecule has 1 saturated heterocycles. The number of aliphatic imine (C=N–C) groups is 1. The third-order valence-electron chi connectivity index (χ3n) is 7.69. The van der Waals surface area contributed by atoms with E-state index in [9.17, 15) is 4.79 Å². The van der Waals surface area contributed by atoms with Crippen LogP contribution in [0.4, 0.5) is 17.1 Å². The Morgan fingerprint density at radius 3 is 2.76 bits per heavy atom. The van der Waals surface area contributed by atoms with E-state index in [1.807, 2.05) is 12.1 Å². The lowest BCUT2D eigenvalue weighted by molar-refractivity contribution is -0.114. The van der Waals surface area contributed by atoms with Crippen molar-refractivity contribution in [2.24, 2.45) is 4.99 Å². The quantitative estimate of drug-likeness (QED) is 0.555. The number of nitrogens with zero attached hydrogens (tertiary/aromatic N) is 4. The van der Waals surface area contributed by atoms with Crippen LogP contribution in [0, 0.1) is 0 Å². The summed E-state index contributed by atoms with van der Waals surface area (Å²) in [6, 6.07) is 19.4. The molecule has 0 aromatic heterocycles. The van der Waals surface area contributed by atoms with Crippen LogP contribution in [-0.2, 0) is 4.79 Å². The van der Waals surface area contributed by atoms with Gasteiger partial charge in [-0.25, -0.2) is 0 Å². The summed E-state index contributed by atoms with van der Waals surface area (Å²) in [6.07, 6.45) is 9.34. The zero-order valence-corrected chi connectivity index (χ0v) is 21.7. The van der Waals surface area contributed by atoms with Gasteiger partial charge >= 0.3 is 0 Å². The lowest BCUT2D eigenvalue weighted by atomic mass is 9.95. The molecule has 1 amide bonds. The molecule has 0 aliphatic carbocycles. The fourth-order valence-electron chi connectivity index (χ4n) is 5.81. The molecule has 3 aromatic carbocycles. The smallest absolute Gasteiger partial charge is 0.246 e. The van der Waals surface area contributed by atoms with Crippen molar-refractivity contribution in [3.63, 3.8) is 0 Å². The number of rotatable bonds is 4. The lowest BCUT2D eigenvalue weighted by Crippen LogP contribution is -2.30. The number of carbonyl (C=O) groups excluding carboxylic acids is 1. The van der Waals surface area contributed by atoms with Crippen LogP contribution in [-0.4, -0.2) is 63.3 Å². The topological polar surface area (TPSA) is 51.2 Å². The molecule has 1 N–H and O–H groups in total. The van der Waals surface area contributed by atoms with E-state index in [0.29, 0.717) is 6.04 Å². The first-order chi connectivity index (χ1) is 18.0. The number of hydrogen-bond acceptors (Lipinski definition) is 5. The molecule has 3 heterocycles. The van der Waals surface area contributed by atoms with E-state index in [0.717, 1.165) is 52.1 Å². The molecule has 3 aliphatic rings. The molecule has 37 heavy (non-hydrogen) atoms. The number of amides is 1. The van der Waals surface area contributed by atoms with Gasteiger partial charge in [-0.2, -0.15) is 0 Å². The zero-order valence-electron chi connectivity index (χ0n) is 21.7. The molecule has 188 valence electrons. The van der Waals surface area contributed by atoms with Crippen LogP contribution >= 0.6 is 0 Å². The van der Waals surface area contributed by atoms with E-state index in [1.54, 1.807) is 0 Å². The number of anilines is 3. The SMILES string of the molecule is CN(C)c1cc(C2=NCC(=O)Nc3c2ccc2ccccc32)ccc1N1C=C(C2CCCN2C)C=CC1. The molecule has 3 aliphatic heterocycles. The third kappa shape index (κ3) is 4.31. The first kappa shape index (κ1) is 23.5. The van der Waals surface area contributed by atoms with E-state index in [1.165, 1.54) is 24.1 Å². The highest BCUT2D eigenvalue weighted by molar-refractivity contribution is 6.23. The number of carbonyl (C=O) groups is 1. The van der Waals surface area contributed by atoms with Crippen LogP contribution in [0.15, 0.2) is 83.5 Å². The number of likely N-dealkylation sites (tertiary alicyclic amines) is 1. The summed E-state index contributed by atoms with van der Waals surface area (Å²) in [6.45, 7) is 2.10. The molecular formula is C31H33N5O. The van der Waals surface area contributed by atoms with Gasteiger partial charge in [-0.1, -0.05) is 54.6 Å². The Bertz CT molecular complexity index is 1470. The summed E-state index contributed by atoms with van der Waals surface area (Å²) in [4.78, 5) is 24.4. The van der Waals surface area contributed by atoms with Crippen molar-refractivity contribution in [3.8, 4) is 0 Å². The van der Waals surface area contributed by atoms with E-state index >= 15 is 0 Å². The predicted molar refractivity (Wildman–Crippen MR) is 154 cm³/mol. The number of benzene rings is 3. The van der Waals surface area contributed by atoms with Gasteiger partial charge in [-0.3, -0.25) is 14.7 Å². The van der Waals surface area contributed by atoms with Crippen molar-refractivity contribution < 1.29 is 4.79 Å². The van der Waals surface area contributed by atoms with Gasteiger partial charge < -0.3 is 15.1 Å². The van der Waals surface area contributed by atoms with Crippen LogP contribution in [0.2, 0.25) is 0 Å². The van der Waals surface area contributed by atoms with Crippen LogP contribution in [0.5, 0.6) is 0 Å². The minimum atomic E-state index is -0.0910. The maximum absolute atomic E-state index is 12.6. The largest absolute Gasteiger partial charge is 0.376 e. The summed E-state index contributed by atoms with van der Waals surface area (Å²) in [5, 5.41) is 5.24. The van der Waals surface area contributed by atoms with Gasteiger partial charge in [-0.05, 0) is 49.5 Å². The number of hydrogen-bond donors (Lipinski definition) is 1. The summed E-state index contributed by atoms with van der Waals surface area (Å²) < 4.78 is 0. The minimum Gasteiger partial charge on any atom is -0.376 e. The van der Waals surface area contributed by atoms with Crippen molar-refractivity contribution in [2.75, 3.05) is 55.9 Å². The maximum atomic E-state index is 12.6. The van der Waals surface area contributed by atoms with Crippen molar-refractivity contribution in [1.29, 1.82) is 0 Å². The highest BCUT2D eigenvalue weighted by Crippen LogP contribution is 2.36. The van der Waals surface area contributed by atoms with Gasteiger partial charge in [0.2, 0.25) is 5.91 Å². The molecule has 6 rings (SSSR count). The third-order valence-corrected chi connectivity index (χ3v) is 7.69. The van der Waals surface area contributed by atoms with E-state index in [-0.39, 0.29) is 12.5 Å². The second-order valence-electron chi connectivity index (χ2n) is 10.3. The van der Waals surface area contributed by atoms with Crippen LogP contribution < -0.4 is 15.1 Å². The van der Waals surface area contributed by atoms with Gasteiger partial charge in [0.05, 0.1) is 22.8 Å². The molecule has 6 nitrogen and oxygen atoms in total. The highest BCUT2D eigenvalue weighted by Gasteiger charge is 2.26. The summed E-state index contributed by atoms with van der Waals surface area (Å²) in [5.74, 6) is -0.0910. The predicted octanol–water partition coefficient (Wildman–Crippen LogP) is 5.05. The van der Waals surface area contributed by atoms with Crippen molar-refractivity contribution in [3.05, 3.63) is 89.6 Å². The standard InChI is InChI=1S/C31H33N5O/c1-34(2)28-18-22(13-15-27(28)36-17-6-9-23(20-36)26-11-7-16-35(26)3)30-25-14-12-21-8-4-5-10-24(21)31(25)33-29(37)19-32-30/h4-6,8-10,12-15,18,20,26H,7,11,16-17,19H2,1-3H3,(H,33,37). The van der Waals surface area contributed by atoms with Crippen LogP contribution in [0.3, 0.4) is 0 Å². The second kappa shape index (κ2) is 9.52. The Kier molecular flexibility index (Phi) is 6.05. The molecule has 1 unspecified atom stereocenters. The number of fused-ring (bicyclic) bond motifs is 3. The monoisotopic (exact) mass is 491 g/mol. The van der Waals surface area contributed by atoms with Crippen LogP contribution in [0.25, 0.3) is 10.8 Å². The average molecular weight is 492 g/mol. The average Bonchev–Trinajstić information content (AvgIpc) is 3.27. The Hall–Kier alpha value is -3.90. The molecular weight excluding hydrogens is 458 g/mol. The van der Waals surface area contributed by atoms with Gasteiger partial charge in [0.15, 0.2) is 0 Å². The molecule has 1 fully saturated rings. The molecule has 6 heteroatoms. The fourth-order valence-corrected chi connectivity index (χ4v) is 5.81.